The van der Waals surface area contributed by atoms with Crippen LogP contribution in [0.5, 0.6) is 0 Å². The Morgan fingerprint density at radius 1 is 1.26 bits per heavy atom. The summed E-state index contributed by atoms with van der Waals surface area (Å²) in [7, 11) is 0. The maximum absolute atomic E-state index is 12.3. The summed E-state index contributed by atoms with van der Waals surface area (Å²) in [5.41, 5.74) is 1.27. The highest BCUT2D eigenvalue weighted by atomic mass is 32.1. The number of hydrogen-bond acceptors (Lipinski definition) is 5. The van der Waals surface area contributed by atoms with Crippen LogP contribution in [0.3, 0.4) is 0 Å². The number of benzene rings is 1. The molecule has 1 saturated heterocycles. The topological polar surface area (TPSA) is 70.7 Å². The molecule has 0 unspecified atom stereocenters. The number of hydrogen-bond donors (Lipinski definition) is 2. The van der Waals surface area contributed by atoms with Gasteiger partial charge in [0.15, 0.2) is 0 Å². The van der Waals surface area contributed by atoms with Gasteiger partial charge in [0.1, 0.15) is 6.04 Å². The second-order valence-electron chi connectivity index (χ2n) is 6.63. The normalized spacial score (nSPS) is 18.6. The van der Waals surface area contributed by atoms with Crippen molar-refractivity contribution in [2.75, 3.05) is 26.2 Å². The number of carbonyl (C=O) groups excluding carboxylic acids is 2. The lowest BCUT2D eigenvalue weighted by Crippen LogP contribution is -2.50. The zero-order valence-corrected chi connectivity index (χ0v) is 16.2. The van der Waals surface area contributed by atoms with E-state index in [1.54, 1.807) is 13.0 Å². The van der Waals surface area contributed by atoms with Gasteiger partial charge in [0.05, 0.1) is 17.6 Å². The van der Waals surface area contributed by atoms with Crippen molar-refractivity contribution >= 4 is 23.2 Å². The second-order valence-corrected chi connectivity index (χ2v) is 7.58. The van der Waals surface area contributed by atoms with Gasteiger partial charge in [-0.3, -0.25) is 14.5 Å². The summed E-state index contributed by atoms with van der Waals surface area (Å²) < 4.78 is 5.77. The van der Waals surface area contributed by atoms with Gasteiger partial charge in [0, 0.05) is 26.2 Å². The van der Waals surface area contributed by atoms with Gasteiger partial charge < -0.3 is 15.4 Å². The SMILES string of the molecule is C[C@H](NC(=O)c1cccs1)C(=O)NC[C@@H]1CN(Cc2ccccc2)CCO1. The smallest absolute Gasteiger partial charge is 0.261 e. The number of nitrogens with zero attached hydrogens (tertiary/aromatic N) is 1. The number of carbonyl (C=O) groups is 2. The van der Waals surface area contributed by atoms with E-state index >= 15 is 0 Å². The molecule has 2 amide bonds. The van der Waals surface area contributed by atoms with Gasteiger partial charge in [0.2, 0.25) is 5.91 Å². The summed E-state index contributed by atoms with van der Waals surface area (Å²) in [4.78, 5) is 27.2. The fraction of sp³-hybridized carbons (Fsp3) is 0.400. The lowest BCUT2D eigenvalue weighted by atomic mass is 10.2. The van der Waals surface area contributed by atoms with Crippen LogP contribution in [0.2, 0.25) is 0 Å². The molecule has 1 aliphatic heterocycles. The molecule has 3 rings (SSSR count). The van der Waals surface area contributed by atoms with E-state index in [9.17, 15) is 9.59 Å². The van der Waals surface area contributed by atoms with Crippen LogP contribution < -0.4 is 10.6 Å². The lowest BCUT2D eigenvalue weighted by Gasteiger charge is -2.33. The van der Waals surface area contributed by atoms with Crippen LogP contribution in [0.15, 0.2) is 47.8 Å². The van der Waals surface area contributed by atoms with Gasteiger partial charge >= 0.3 is 0 Å². The predicted molar refractivity (Wildman–Crippen MR) is 106 cm³/mol. The van der Waals surface area contributed by atoms with Crippen LogP contribution in [0.1, 0.15) is 22.2 Å². The summed E-state index contributed by atoms with van der Waals surface area (Å²) in [6, 6.07) is 13.3. The molecule has 2 N–H and O–H groups in total. The summed E-state index contributed by atoms with van der Waals surface area (Å²) in [5, 5.41) is 7.44. The van der Waals surface area contributed by atoms with Crippen LogP contribution in [0.4, 0.5) is 0 Å². The number of nitrogens with one attached hydrogen (secondary N) is 2. The van der Waals surface area contributed by atoms with Gasteiger partial charge in [-0.15, -0.1) is 11.3 Å². The number of morpholine rings is 1. The fourth-order valence-corrected chi connectivity index (χ4v) is 3.62. The van der Waals surface area contributed by atoms with Gasteiger partial charge in [-0.1, -0.05) is 36.4 Å². The third kappa shape index (κ3) is 5.89. The van der Waals surface area contributed by atoms with Crippen molar-refractivity contribution < 1.29 is 14.3 Å². The lowest BCUT2D eigenvalue weighted by molar-refractivity contribution is -0.123. The van der Waals surface area contributed by atoms with Crippen molar-refractivity contribution in [3.05, 3.63) is 58.3 Å². The molecule has 0 spiro atoms. The van der Waals surface area contributed by atoms with E-state index in [4.69, 9.17) is 4.74 Å². The van der Waals surface area contributed by atoms with Crippen LogP contribution in [0, 0.1) is 0 Å². The maximum Gasteiger partial charge on any atom is 0.261 e. The Morgan fingerprint density at radius 2 is 2.07 bits per heavy atom. The Bertz CT molecular complexity index is 736. The summed E-state index contributed by atoms with van der Waals surface area (Å²) in [6.45, 7) is 5.30. The Kier molecular flexibility index (Phi) is 6.98. The fourth-order valence-electron chi connectivity index (χ4n) is 3.00. The Balaban J connectivity index is 1.42. The predicted octanol–water partition coefficient (Wildman–Crippen LogP) is 1.88. The molecule has 1 aromatic carbocycles. The molecule has 2 atom stereocenters. The molecular formula is C20H25N3O3S. The third-order valence-electron chi connectivity index (χ3n) is 4.46. The highest BCUT2D eigenvalue weighted by Crippen LogP contribution is 2.10. The summed E-state index contributed by atoms with van der Waals surface area (Å²) >= 11 is 1.35. The van der Waals surface area contributed by atoms with E-state index in [1.165, 1.54) is 16.9 Å². The first-order chi connectivity index (χ1) is 13.1. The van der Waals surface area contributed by atoms with Crippen LogP contribution in [0.25, 0.3) is 0 Å². The minimum atomic E-state index is -0.594. The summed E-state index contributed by atoms with van der Waals surface area (Å²) in [6.07, 6.45) is -0.0494. The number of thiophene rings is 1. The average molecular weight is 388 g/mol. The number of ether oxygens (including phenoxy) is 1. The number of rotatable bonds is 7. The van der Waals surface area contributed by atoms with Crippen molar-refractivity contribution in [1.82, 2.24) is 15.5 Å². The largest absolute Gasteiger partial charge is 0.374 e. The average Bonchev–Trinajstić information content (AvgIpc) is 3.22. The molecule has 27 heavy (non-hydrogen) atoms. The first-order valence-corrected chi connectivity index (χ1v) is 10.00. The number of amides is 2. The van der Waals surface area contributed by atoms with Crippen LogP contribution >= 0.6 is 11.3 Å². The van der Waals surface area contributed by atoms with Crippen LogP contribution in [-0.2, 0) is 16.1 Å². The zero-order valence-electron chi connectivity index (χ0n) is 15.4. The van der Waals surface area contributed by atoms with Crippen molar-refractivity contribution in [1.29, 1.82) is 0 Å². The molecule has 0 aliphatic carbocycles. The summed E-state index contributed by atoms with van der Waals surface area (Å²) in [5.74, 6) is -0.431. The molecule has 6 nitrogen and oxygen atoms in total. The van der Waals surface area contributed by atoms with Gasteiger partial charge in [0.25, 0.3) is 5.91 Å². The van der Waals surface area contributed by atoms with Gasteiger partial charge in [-0.2, -0.15) is 0 Å². The Morgan fingerprint density at radius 3 is 2.81 bits per heavy atom. The molecule has 0 bridgehead atoms. The molecule has 1 aliphatic rings. The van der Waals surface area contributed by atoms with Crippen molar-refractivity contribution in [3.8, 4) is 0 Å². The van der Waals surface area contributed by atoms with Crippen molar-refractivity contribution in [2.45, 2.75) is 25.6 Å². The van der Waals surface area contributed by atoms with E-state index < -0.39 is 6.04 Å². The van der Waals surface area contributed by atoms with Gasteiger partial charge in [-0.05, 0) is 23.9 Å². The van der Waals surface area contributed by atoms with E-state index in [0.29, 0.717) is 18.0 Å². The minimum Gasteiger partial charge on any atom is -0.374 e. The molecule has 7 heteroatoms. The Hall–Kier alpha value is -2.22. The maximum atomic E-state index is 12.3. The first-order valence-electron chi connectivity index (χ1n) is 9.12. The minimum absolute atomic E-state index is 0.0494. The van der Waals surface area contributed by atoms with E-state index in [2.05, 4.69) is 27.7 Å². The molecule has 1 fully saturated rings. The van der Waals surface area contributed by atoms with Crippen molar-refractivity contribution in [3.63, 3.8) is 0 Å². The Labute approximate surface area is 163 Å². The standard InChI is InChI=1S/C20H25N3O3S/c1-15(22-20(25)18-8-5-11-27-18)19(24)21-12-17-14-23(9-10-26-17)13-16-6-3-2-4-7-16/h2-8,11,15,17H,9-10,12-14H2,1H3,(H,21,24)(H,22,25)/t15-,17+/m0/s1. The second kappa shape index (κ2) is 9.64. The van der Waals surface area contributed by atoms with E-state index in [-0.39, 0.29) is 17.9 Å². The highest BCUT2D eigenvalue weighted by molar-refractivity contribution is 7.12. The quantitative estimate of drug-likeness (QED) is 0.761. The molecule has 2 aromatic rings. The molecule has 144 valence electrons. The third-order valence-corrected chi connectivity index (χ3v) is 5.33. The van der Waals surface area contributed by atoms with E-state index in [1.807, 2.05) is 29.6 Å². The molecule has 2 heterocycles. The highest BCUT2D eigenvalue weighted by Gasteiger charge is 2.23. The van der Waals surface area contributed by atoms with Crippen molar-refractivity contribution in [2.24, 2.45) is 0 Å². The molecular weight excluding hydrogens is 362 g/mol. The van der Waals surface area contributed by atoms with Gasteiger partial charge in [-0.25, -0.2) is 0 Å². The van der Waals surface area contributed by atoms with E-state index in [0.717, 1.165) is 19.6 Å². The molecule has 0 radical (unpaired) electrons. The first kappa shape index (κ1) is 19.5. The zero-order chi connectivity index (χ0) is 19.1. The molecule has 1 aromatic heterocycles. The molecule has 0 saturated carbocycles. The van der Waals surface area contributed by atoms with Crippen LogP contribution in [-0.4, -0.2) is 55.1 Å². The monoisotopic (exact) mass is 387 g/mol.